The van der Waals surface area contributed by atoms with Crippen molar-refractivity contribution in [3.05, 3.63) is 28.8 Å². The highest BCUT2D eigenvalue weighted by Crippen LogP contribution is 2.31. The second-order valence-corrected chi connectivity index (χ2v) is 6.43. The number of halogens is 1. The van der Waals surface area contributed by atoms with Gasteiger partial charge in [0.15, 0.2) is 0 Å². The average molecular weight is 295 g/mol. The minimum Gasteiger partial charge on any atom is -0.370 e. The molecule has 0 aliphatic carbocycles. The SMILES string of the molecule is CCC(N)Cc1ccc(N2CCCC(CC)C2)c(Cl)c1. The van der Waals surface area contributed by atoms with Gasteiger partial charge >= 0.3 is 0 Å². The van der Waals surface area contributed by atoms with E-state index in [-0.39, 0.29) is 6.04 Å². The monoisotopic (exact) mass is 294 g/mol. The smallest absolute Gasteiger partial charge is 0.0642 e. The molecule has 1 fully saturated rings. The van der Waals surface area contributed by atoms with E-state index in [1.54, 1.807) is 0 Å². The summed E-state index contributed by atoms with van der Waals surface area (Å²) in [4.78, 5) is 2.45. The summed E-state index contributed by atoms with van der Waals surface area (Å²) < 4.78 is 0. The number of nitrogens with zero attached hydrogens (tertiary/aromatic N) is 1. The summed E-state index contributed by atoms with van der Waals surface area (Å²) in [6.45, 7) is 6.68. The van der Waals surface area contributed by atoms with Crippen molar-refractivity contribution in [3.63, 3.8) is 0 Å². The van der Waals surface area contributed by atoms with Gasteiger partial charge in [0.1, 0.15) is 0 Å². The molecule has 2 atom stereocenters. The summed E-state index contributed by atoms with van der Waals surface area (Å²) >= 11 is 6.50. The first-order valence-corrected chi connectivity index (χ1v) is 8.30. The van der Waals surface area contributed by atoms with Crippen molar-refractivity contribution in [2.45, 2.75) is 52.0 Å². The summed E-state index contributed by atoms with van der Waals surface area (Å²) in [6.07, 6.45) is 5.81. The highest BCUT2D eigenvalue weighted by molar-refractivity contribution is 6.33. The number of piperidine rings is 1. The van der Waals surface area contributed by atoms with Crippen LogP contribution < -0.4 is 10.6 Å². The molecule has 0 spiro atoms. The lowest BCUT2D eigenvalue weighted by molar-refractivity contribution is 0.405. The first kappa shape index (κ1) is 15.7. The maximum absolute atomic E-state index is 6.50. The van der Waals surface area contributed by atoms with Gasteiger partial charge in [-0.05, 0) is 49.3 Å². The standard InChI is InChI=1S/C17H27ClN2/c1-3-13-6-5-9-20(12-13)17-8-7-14(11-16(17)18)10-15(19)4-2/h7-8,11,13,15H,3-6,9-10,12,19H2,1-2H3. The van der Waals surface area contributed by atoms with Gasteiger partial charge in [-0.1, -0.05) is 37.9 Å². The molecule has 2 unspecified atom stereocenters. The molecule has 1 aromatic carbocycles. The molecule has 1 aliphatic heterocycles. The summed E-state index contributed by atoms with van der Waals surface area (Å²) in [5.74, 6) is 0.813. The van der Waals surface area contributed by atoms with Gasteiger partial charge in [0.05, 0.1) is 10.7 Å². The van der Waals surface area contributed by atoms with E-state index in [2.05, 4.69) is 36.9 Å². The molecule has 1 aliphatic rings. The van der Waals surface area contributed by atoms with Gasteiger partial charge in [0, 0.05) is 19.1 Å². The minimum absolute atomic E-state index is 0.233. The van der Waals surface area contributed by atoms with Crippen molar-refractivity contribution in [1.82, 2.24) is 0 Å². The zero-order chi connectivity index (χ0) is 14.5. The van der Waals surface area contributed by atoms with Crippen molar-refractivity contribution in [3.8, 4) is 0 Å². The van der Waals surface area contributed by atoms with Crippen LogP contribution in [-0.4, -0.2) is 19.1 Å². The van der Waals surface area contributed by atoms with E-state index in [4.69, 9.17) is 17.3 Å². The quantitative estimate of drug-likeness (QED) is 0.880. The lowest BCUT2D eigenvalue weighted by Gasteiger charge is -2.34. The van der Waals surface area contributed by atoms with Gasteiger partial charge in [-0.3, -0.25) is 0 Å². The van der Waals surface area contributed by atoms with Crippen LogP contribution in [0, 0.1) is 5.92 Å². The lowest BCUT2D eigenvalue weighted by Crippen LogP contribution is -2.35. The third-order valence-electron chi connectivity index (χ3n) is 4.47. The third-order valence-corrected chi connectivity index (χ3v) is 4.77. The van der Waals surface area contributed by atoms with Crippen molar-refractivity contribution in [1.29, 1.82) is 0 Å². The normalized spacial score (nSPS) is 21.0. The molecule has 2 nitrogen and oxygen atoms in total. The van der Waals surface area contributed by atoms with Crippen molar-refractivity contribution in [2.24, 2.45) is 11.7 Å². The van der Waals surface area contributed by atoms with Gasteiger partial charge in [-0.2, -0.15) is 0 Å². The molecule has 0 bridgehead atoms. The van der Waals surface area contributed by atoms with Crippen LogP contribution in [0.3, 0.4) is 0 Å². The zero-order valence-electron chi connectivity index (χ0n) is 12.7. The van der Waals surface area contributed by atoms with Crippen molar-refractivity contribution in [2.75, 3.05) is 18.0 Å². The fraction of sp³-hybridized carbons (Fsp3) is 0.647. The third kappa shape index (κ3) is 3.89. The zero-order valence-corrected chi connectivity index (χ0v) is 13.5. The second kappa shape index (κ2) is 7.33. The minimum atomic E-state index is 0.233. The van der Waals surface area contributed by atoms with E-state index in [0.717, 1.165) is 36.9 Å². The summed E-state index contributed by atoms with van der Waals surface area (Å²) in [5, 5.41) is 0.877. The lowest BCUT2D eigenvalue weighted by atomic mass is 9.95. The highest BCUT2D eigenvalue weighted by Gasteiger charge is 2.20. The van der Waals surface area contributed by atoms with Gasteiger partial charge in [0.2, 0.25) is 0 Å². The number of nitrogens with two attached hydrogens (primary N) is 1. The number of benzene rings is 1. The van der Waals surface area contributed by atoms with E-state index < -0.39 is 0 Å². The van der Waals surface area contributed by atoms with Crippen LogP contribution >= 0.6 is 11.6 Å². The average Bonchev–Trinajstić information content (AvgIpc) is 2.47. The number of rotatable bonds is 5. The van der Waals surface area contributed by atoms with E-state index in [0.29, 0.717) is 0 Å². The van der Waals surface area contributed by atoms with Crippen LogP contribution in [0.15, 0.2) is 18.2 Å². The van der Waals surface area contributed by atoms with Crippen LogP contribution in [0.1, 0.15) is 45.1 Å². The molecule has 2 rings (SSSR count). The maximum atomic E-state index is 6.50. The Hall–Kier alpha value is -0.730. The first-order valence-electron chi connectivity index (χ1n) is 7.93. The molecular weight excluding hydrogens is 268 g/mol. The number of anilines is 1. The predicted molar refractivity (Wildman–Crippen MR) is 88.7 cm³/mol. The van der Waals surface area contributed by atoms with Gasteiger partial charge in [-0.15, -0.1) is 0 Å². The Morgan fingerprint density at radius 1 is 1.40 bits per heavy atom. The Morgan fingerprint density at radius 2 is 2.20 bits per heavy atom. The summed E-state index contributed by atoms with van der Waals surface area (Å²) in [6, 6.07) is 6.70. The second-order valence-electron chi connectivity index (χ2n) is 6.02. The first-order chi connectivity index (χ1) is 9.63. The highest BCUT2D eigenvalue weighted by atomic mass is 35.5. The topological polar surface area (TPSA) is 29.3 Å². The molecule has 1 saturated heterocycles. The number of hydrogen-bond acceptors (Lipinski definition) is 2. The van der Waals surface area contributed by atoms with E-state index >= 15 is 0 Å². The molecule has 112 valence electrons. The Bertz CT molecular complexity index is 433. The molecule has 0 radical (unpaired) electrons. The van der Waals surface area contributed by atoms with Crippen LogP contribution in [0.4, 0.5) is 5.69 Å². The largest absolute Gasteiger partial charge is 0.370 e. The Balaban J connectivity index is 2.09. The Morgan fingerprint density at radius 3 is 2.85 bits per heavy atom. The van der Waals surface area contributed by atoms with Gasteiger partial charge in [-0.25, -0.2) is 0 Å². The fourth-order valence-electron chi connectivity index (χ4n) is 3.00. The van der Waals surface area contributed by atoms with E-state index in [9.17, 15) is 0 Å². The molecule has 0 amide bonds. The van der Waals surface area contributed by atoms with Crippen LogP contribution in [0.25, 0.3) is 0 Å². The van der Waals surface area contributed by atoms with Crippen molar-refractivity contribution < 1.29 is 0 Å². The molecule has 0 saturated carbocycles. The molecule has 2 N–H and O–H groups in total. The molecule has 20 heavy (non-hydrogen) atoms. The van der Waals surface area contributed by atoms with Crippen LogP contribution in [0.5, 0.6) is 0 Å². The van der Waals surface area contributed by atoms with E-state index in [1.807, 2.05) is 0 Å². The van der Waals surface area contributed by atoms with E-state index in [1.165, 1.54) is 30.5 Å². The molecule has 1 heterocycles. The van der Waals surface area contributed by atoms with Crippen molar-refractivity contribution >= 4 is 17.3 Å². The maximum Gasteiger partial charge on any atom is 0.0642 e. The fourth-order valence-corrected chi connectivity index (χ4v) is 3.32. The molecule has 3 heteroatoms. The molecule has 0 aromatic heterocycles. The van der Waals surface area contributed by atoms with Gasteiger partial charge in [0.25, 0.3) is 0 Å². The van der Waals surface area contributed by atoms with Gasteiger partial charge < -0.3 is 10.6 Å². The summed E-state index contributed by atoms with van der Waals surface area (Å²) in [7, 11) is 0. The Kier molecular flexibility index (Phi) is 5.74. The predicted octanol–water partition coefficient (Wildman–Crippen LogP) is 4.25. The Labute approximate surface area is 128 Å². The molecule has 1 aromatic rings. The molecular formula is C17H27ClN2. The van der Waals surface area contributed by atoms with Crippen LogP contribution in [0.2, 0.25) is 5.02 Å². The van der Waals surface area contributed by atoms with Crippen LogP contribution in [-0.2, 0) is 6.42 Å². The number of hydrogen-bond donors (Lipinski definition) is 1. The summed E-state index contributed by atoms with van der Waals surface area (Å²) in [5.41, 5.74) is 8.46.